The first kappa shape index (κ1) is 10.4. The number of hydrogen-bond acceptors (Lipinski definition) is 2. The van der Waals surface area contributed by atoms with Crippen LogP contribution >= 0.6 is 0 Å². The third-order valence-corrected chi connectivity index (χ3v) is 4.34. The van der Waals surface area contributed by atoms with E-state index in [-0.39, 0.29) is 0 Å². The van der Waals surface area contributed by atoms with Gasteiger partial charge in [-0.2, -0.15) is 0 Å². The maximum absolute atomic E-state index is 3.41. The van der Waals surface area contributed by atoms with Gasteiger partial charge in [0.05, 0.1) is 0 Å². The molecule has 0 bridgehead atoms. The van der Waals surface area contributed by atoms with Gasteiger partial charge in [-0.15, -0.1) is 0 Å². The van der Waals surface area contributed by atoms with Crippen molar-refractivity contribution in [3.63, 3.8) is 0 Å². The van der Waals surface area contributed by atoms with Gasteiger partial charge in [-0.3, -0.25) is 0 Å². The lowest BCUT2D eigenvalue weighted by molar-refractivity contribution is 0.167. The predicted octanol–water partition coefficient (Wildman–Crippen LogP) is 1.86. The Hall–Kier alpha value is -0.0800. The summed E-state index contributed by atoms with van der Waals surface area (Å²) >= 11 is 0. The molecule has 0 spiro atoms. The number of nitrogens with zero attached hydrogens (tertiary/aromatic N) is 1. The van der Waals surface area contributed by atoms with E-state index >= 15 is 0 Å². The number of hydrogen-bond donors (Lipinski definition) is 1. The molecule has 2 fully saturated rings. The van der Waals surface area contributed by atoms with Crippen LogP contribution in [-0.2, 0) is 0 Å². The average Bonchev–Trinajstić information content (AvgIpc) is 2.94. The third-order valence-electron chi connectivity index (χ3n) is 4.34. The highest BCUT2D eigenvalue weighted by atomic mass is 15.2. The fourth-order valence-electron chi connectivity index (χ4n) is 2.83. The summed E-state index contributed by atoms with van der Waals surface area (Å²) in [6, 6.07) is 2.42. The van der Waals surface area contributed by atoms with Crippen molar-refractivity contribution in [1.82, 2.24) is 10.2 Å². The summed E-state index contributed by atoms with van der Waals surface area (Å²) in [5.74, 6) is 1.01. The summed E-state index contributed by atoms with van der Waals surface area (Å²) < 4.78 is 0. The van der Waals surface area contributed by atoms with Gasteiger partial charge >= 0.3 is 0 Å². The smallest absolute Gasteiger partial charge is 0.0110 e. The molecule has 3 unspecified atom stereocenters. The predicted molar refractivity (Wildman–Crippen MR) is 60.4 cm³/mol. The molecule has 2 saturated carbocycles. The molecular weight excluding hydrogens is 172 g/mol. The Morgan fingerprint density at radius 3 is 2.43 bits per heavy atom. The van der Waals surface area contributed by atoms with Crippen LogP contribution in [0.5, 0.6) is 0 Å². The zero-order chi connectivity index (χ0) is 10.1. The first-order chi connectivity index (χ1) is 6.72. The molecule has 0 heterocycles. The van der Waals surface area contributed by atoms with Gasteiger partial charge < -0.3 is 10.2 Å². The van der Waals surface area contributed by atoms with Crippen molar-refractivity contribution in [3.8, 4) is 0 Å². The molecule has 2 aliphatic rings. The lowest BCUT2D eigenvalue weighted by Crippen LogP contribution is -2.39. The molecule has 82 valence electrons. The van der Waals surface area contributed by atoms with Crippen molar-refractivity contribution in [1.29, 1.82) is 0 Å². The normalized spacial score (nSPS) is 35.1. The zero-order valence-electron chi connectivity index (χ0n) is 9.79. The molecule has 0 aromatic carbocycles. The summed E-state index contributed by atoms with van der Waals surface area (Å²) in [5.41, 5.74) is 0. The third kappa shape index (κ3) is 2.12. The number of rotatable bonds is 4. The van der Waals surface area contributed by atoms with Crippen LogP contribution in [0.3, 0.4) is 0 Å². The first-order valence-corrected chi connectivity index (χ1v) is 6.11. The van der Waals surface area contributed by atoms with Gasteiger partial charge in [0, 0.05) is 18.1 Å². The Labute approximate surface area is 88.1 Å². The Balaban J connectivity index is 1.82. The van der Waals surface area contributed by atoms with E-state index in [2.05, 4.69) is 31.2 Å². The first-order valence-electron chi connectivity index (χ1n) is 6.11. The van der Waals surface area contributed by atoms with E-state index in [1.54, 1.807) is 0 Å². The summed E-state index contributed by atoms with van der Waals surface area (Å²) in [6.45, 7) is 2.41. The van der Waals surface area contributed by atoms with Crippen LogP contribution in [0, 0.1) is 5.92 Å². The molecular formula is C12H24N2. The summed E-state index contributed by atoms with van der Waals surface area (Å²) in [6.07, 6.45) is 7.04. The van der Waals surface area contributed by atoms with Crippen LogP contribution in [-0.4, -0.2) is 37.1 Å². The SMILES string of the molecule is CNC1CCC(N(C)C(C)C2CC2)C1. The largest absolute Gasteiger partial charge is 0.317 e. The minimum absolute atomic E-state index is 0.772. The second kappa shape index (κ2) is 4.19. The second-order valence-corrected chi connectivity index (χ2v) is 5.20. The van der Waals surface area contributed by atoms with E-state index in [1.165, 1.54) is 32.1 Å². The Bertz CT molecular complexity index is 189. The molecule has 0 radical (unpaired) electrons. The van der Waals surface area contributed by atoms with Crippen LogP contribution in [0.4, 0.5) is 0 Å². The van der Waals surface area contributed by atoms with Crippen molar-refractivity contribution in [3.05, 3.63) is 0 Å². The van der Waals surface area contributed by atoms with Crippen molar-refractivity contribution in [2.45, 2.75) is 57.2 Å². The maximum Gasteiger partial charge on any atom is 0.0110 e. The highest BCUT2D eigenvalue weighted by Crippen LogP contribution is 2.37. The van der Waals surface area contributed by atoms with E-state index in [0.29, 0.717) is 0 Å². The van der Waals surface area contributed by atoms with Crippen LogP contribution < -0.4 is 5.32 Å². The number of nitrogens with one attached hydrogen (secondary N) is 1. The van der Waals surface area contributed by atoms with Crippen molar-refractivity contribution in [2.24, 2.45) is 5.92 Å². The quantitative estimate of drug-likeness (QED) is 0.738. The van der Waals surface area contributed by atoms with E-state index in [9.17, 15) is 0 Å². The standard InChI is InChI=1S/C12H24N2/c1-9(10-4-5-10)14(3)12-7-6-11(8-12)13-2/h9-13H,4-8H2,1-3H3. The molecule has 2 nitrogen and oxygen atoms in total. The molecule has 2 heteroatoms. The van der Waals surface area contributed by atoms with Crippen LogP contribution in [0.2, 0.25) is 0 Å². The molecule has 2 aliphatic carbocycles. The maximum atomic E-state index is 3.41. The van der Waals surface area contributed by atoms with Gasteiger partial charge in [-0.25, -0.2) is 0 Å². The van der Waals surface area contributed by atoms with Crippen LogP contribution in [0.1, 0.15) is 39.0 Å². The lowest BCUT2D eigenvalue weighted by Gasteiger charge is -2.30. The monoisotopic (exact) mass is 196 g/mol. The Morgan fingerprint density at radius 1 is 1.21 bits per heavy atom. The van der Waals surface area contributed by atoms with Gasteiger partial charge in [0.15, 0.2) is 0 Å². The Morgan fingerprint density at radius 2 is 1.93 bits per heavy atom. The van der Waals surface area contributed by atoms with E-state index < -0.39 is 0 Å². The lowest BCUT2D eigenvalue weighted by atomic mass is 10.1. The van der Waals surface area contributed by atoms with E-state index in [0.717, 1.165) is 24.0 Å². The van der Waals surface area contributed by atoms with Gasteiger partial charge in [0.1, 0.15) is 0 Å². The van der Waals surface area contributed by atoms with E-state index in [1.807, 2.05) is 0 Å². The fraction of sp³-hybridized carbons (Fsp3) is 1.00. The van der Waals surface area contributed by atoms with Crippen molar-refractivity contribution >= 4 is 0 Å². The van der Waals surface area contributed by atoms with Gasteiger partial charge in [0.25, 0.3) is 0 Å². The molecule has 14 heavy (non-hydrogen) atoms. The zero-order valence-corrected chi connectivity index (χ0v) is 9.79. The fourth-order valence-corrected chi connectivity index (χ4v) is 2.83. The molecule has 0 saturated heterocycles. The van der Waals surface area contributed by atoms with Gasteiger partial charge in [-0.05, 0) is 59.0 Å². The molecule has 0 aliphatic heterocycles. The van der Waals surface area contributed by atoms with E-state index in [4.69, 9.17) is 0 Å². The Kier molecular flexibility index (Phi) is 3.13. The molecule has 3 atom stereocenters. The average molecular weight is 196 g/mol. The summed E-state index contributed by atoms with van der Waals surface area (Å²) in [7, 11) is 4.42. The minimum atomic E-state index is 0.772. The topological polar surface area (TPSA) is 15.3 Å². The minimum Gasteiger partial charge on any atom is -0.317 e. The van der Waals surface area contributed by atoms with Gasteiger partial charge in [-0.1, -0.05) is 0 Å². The second-order valence-electron chi connectivity index (χ2n) is 5.20. The van der Waals surface area contributed by atoms with Crippen LogP contribution in [0.25, 0.3) is 0 Å². The molecule has 0 aromatic heterocycles. The highest BCUT2D eigenvalue weighted by molar-refractivity contribution is 4.91. The summed E-state index contributed by atoms with van der Waals surface area (Å²) in [5, 5.41) is 3.41. The van der Waals surface area contributed by atoms with Crippen molar-refractivity contribution in [2.75, 3.05) is 14.1 Å². The highest BCUT2D eigenvalue weighted by Gasteiger charge is 2.35. The molecule has 1 N–H and O–H groups in total. The molecule has 0 aromatic rings. The van der Waals surface area contributed by atoms with Crippen molar-refractivity contribution < 1.29 is 0 Å². The molecule has 2 rings (SSSR count). The van der Waals surface area contributed by atoms with Crippen LogP contribution in [0.15, 0.2) is 0 Å². The summed E-state index contributed by atoms with van der Waals surface area (Å²) in [4.78, 5) is 2.63. The van der Waals surface area contributed by atoms with Gasteiger partial charge in [0.2, 0.25) is 0 Å². The molecule has 0 amide bonds.